The molecule has 0 radical (unpaired) electrons. The molecule has 36 heavy (non-hydrogen) atoms. The van der Waals surface area contributed by atoms with Gasteiger partial charge in [0.25, 0.3) is 0 Å². The summed E-state index contributed by atoms with van der Waals surface area (Å²) >= 11 is 0. The molecule has 3 aromatic rings. The van der Waals surface area contributed by atoms with Gasteiger partial charge < -0.3 is 34.5 Å². The lowest BCUT2D eigenvalue weighted by Gasteiger charge is -2.41. The zero-order chi connectivity index (χ0) is 25.5. The molecule has 0 bridgehead atoms. The quantitative estimate of drug-likeness (QED) is 0.440. The van der Waals surface area contributed by atoms with Crippen LogP contribution in [0, 0.1) is 0 Å². The van der Waals surface area contributed by atoms with Crippen molar-refractivity contribution in [1.29, 1.82) is 0 Å². The maximum absolute atomic E-state index is 12.9. The van der Waals surface area contributed by atoms with Crippen molar-refractivity contribution in [3.05, 3.63) is 83.4 Å². The van der Waals surface area contributed by atoms with E-state index in [1.165, 1.54) is 7.11 Å². The Balaban J connectivity index is 1.80. The van der Waals surface area contributed by atoms with Gasteiger partial charge in [0.15, 0.2) is 11.2 Å². The maximum atomic E-state index is 12.9. The first-order valence-corrected chi connectivity index (χ1v) is 11.7. The number of aliphatic carboxylic acids is 1. The Kier molecular flexibility index (Phi) is 6.02. The van der Waals surface area contributed by atoms with Gasteiger partial charge in [-0.1, -0.05) is 42.5 Å². The summed E-state index contributed by atoms with van der Waals surface area (Å²) in [5, 5.41) is 25.4. The van der Waals surface area contributed by atoms with Crippen LogP contribution in [0.4, 0.5) is 0 Å². The Morgan fingerprint density at radius 3 is 2.31 bits per heavy atom. The normalized spacial score (nSPS) is 26.0. The fourth-order valence-electron chi connectivity index (χ4n) is 5.90. The number of carboxylic acids is 1. The molecule has 5 rings (SSSR count). The molecule has 1 saturated carbocycles. The van der Waals surface area contributed by atoms with Crippen LogP contribution in [0.25, 0.3) is 0 Å². The highest BCUT2D eigenvalue weighted by atomic mass is 16.5. The molecule has 188 valence electrons. The van der Waals surface area contributed by atoms with Crippen LogP contribution in [-0.4, -0.2) is 50.1 Å². The highest BCUT2D eigenvalue weighted by molar-refractivity contribution is 5.69. The minimum Gasteiger partial charge on any atom is -0.497 e. The second kappa shape index (κ2) is 9.04. The lowest BCUT2D eigenvalue weighted by Crippen LogP contribution is -2.56. The molecule has 0 amide bonds. The number of aliphatic hydroxyl groups is 1. The molecule has 4 atom stereocenters. The van der Waals surface area contributed by atoms with Gasteiger partial charge in [0, 0.05) is 24.1 Å². The van der Waals surface area contributed by atoms with E-state index in [4.69, 9.17) is 18.9 Å². The van der Waals surface area contributed by atoms with Gasteiger partial charge >= 0.3 is 5.97 Å². The van der Waals surface area contributed by atoms with E-state index in [1.807, 2.05) is 54.6 Å². The van der Waals surface area contributed by atoms with Crippen LogP contribution in [0.15, 0.2) is 66.7 Å². The molecule has 0 unspecified atom stereocenters. The third kappa shape index (κ3) is 3.40. The van der Waals surface area contributed by atoms with Crippen molar-refractivity contribution in [3.63, 3.8) is 0 Å². The SMILES string of the molecule is COc1ccc([C@]23Oc4cc(OC)cc(OC)c4[C@@]2(O)[C@@H](NCC(=O)O)C[C@@H]3c2ccccc2)cc1. The highest BCUT2D eigenvalue weighted by Crippen LogP contribution is 2.68. The van der Waals surface area contributed by atoms with Crippen molar-refractivity contribution in [2.24, 2.45) is 0 Å². The van der Waals surface area contributed by atoms with E-state index < -0.39 is 23.2 Å². The average Bonchev–Trinajstić information content (AvgIpc) is 3.32. The minimum atomic E-state index is -1.68. The fraction of sp³-hybridized carbons (Fsp3) is 0.321. The van der Waals surface area contributed by atoms with Crippen molar-refractivity contribution in [2.45, 2.75) is 29.6 Å². The summed E-state index contributed by atoms with van der Waals surface area (Å²) in [4.78, 5) is 11.5. The molecule has 1 aliphatic carbocycles. The number of nitrogens with one attached hydrogen (secondary N) is 1. The van der Waals surface area contributed by atoms with E-state index in [0.29, 0.717) is 35.0 Å². The van der Waals surface area contributed by atoms with E-state index >= 15 is 0 Å². The van der Waals surface area contributed by atoms with Crippen molar-refractivity contribution < 1.29 is 34.0 Å². The number of carbonyl (C=O) groups is 1. The van der Waals surface area contributed by atoms with Crippen LogP contribution < -0.4 is 24.3 Å². The van der Waals surface area contributed by atoms with Gasteiger partial charge in [-0.15, -0.1) is 0 Å². The Bertz CT molecular complexity index is 1260. The topological polar surface area (TPSA) is 106 Å². The number of rotatable bonds is 8. The van der Waals surface area contributed by atoms with E-state index in [2.05, 4.69) is 5.32 Å². The van der Waals surface area contributed by atoms with Crippen molar-refractivity contribution in [3.8, 4) is 23.0 Å². The van der Waals surface area contributed by atoms with Gasteiger partial charge in [0.05, 0.1) is 33.4 Å². The molecule has 2 aliphatic rings. The van der Waals surface area contributed by atoms with Crippen LogP contribution >= 0.6 is 0 Å². The lowest BCUT2D eigenvalue weighted by molar-refractivity contribution is -0.138. The first-order valence-electron chi connectivity index (χ1n) is 11.7. The van der Waals surface area contributed by atoms with E-state index in [9.17, 15) is 15.0 Å². The molecule has 1 heterocycles. The number of ether oxygens (including phenoxy) is 4. The van der Waals surface area contributed by atoms with E-state index in [-0.39, 0.29) is 12.5 Å². The number of fused-ring (bicyclic) bond motifs is 3. The summed E-state index contributed by atoms with van der Waals surface area (Å²) in [5.41, 5.74) is -0.812. The molecule has 3 aromatic carbocycles. The van der Waals surface area contributed by atoms with Gasteiger partial charge in [0.2, 0.25) is 0 Å². The average molecular weight is 492 g/mol. The molecule has 1 fully saturated rings. The molecule has 8 nitrogen and oxygen atoms in total. The number of carboxylic acid groups (broad SMARTS) is 1. The number of benzene rings is 3. The van der Waals surface area contributed by atoms with Gasteiger partial charge in [-0.05, 0) is 29.7 Å². The van der Waals surface area contributed by atoms with Crippen LogP contribution in [-0.2, 0) is 16.0 Å². The number of hydrogen-bond donors (Lipinski definition) is 3. The van der Waals surface area contributed by atoms with Gasteiger partial charge in [-0.3, -0.25) is 4.79 Å². The predicted octanol–water partition coefficient (Wildman–Crippen LogP) is 3.42. The molecule has 8 heteroatoms. The first-order chi connectivity index (χ1) is 17.4. The van der Waals surface area contributed by atoms with Crippen molar-refractivity contribution in [1.82, 2.24) is 5.32 Å². The Morgan fingerprint density at radius 1 is 1.00 bits per heavy atom. The first kappa shape index (κ1) is 24.0. The molecule has 0 aromatic heterocycles. The largest absolute Gasteiger partial charge is 0.497 e. The maximum Gasteiger partial charge on any atom is 0.317 e. The Morgan fingerprint density at radius 2 is 1.69 bits per heavy atom. The van der Waals surface area contributed by atoms with Gasteiger partial charge in [-0.2, -0.15) is 0 Å². The number of methoxy groups -OCH3 is 3. The Labute approximate surface area is 209 Å². The zero-order valence-electron chi connectivity index (χ0n) is 20.4. The predicted molar refractivity (Wildman–Crippen MR) is 132 cm³/mol. The third-order valence-corrected chi connectivity index (χ3v) is 7.40. The summed E-state index contributed by atoms with van der Waals surface area (Å²) in [7, 11) is 4.67. The summed E-state index contributed by atoms with van der Waals surface area (Å²) in [6, 6.07) is 20.0. The van der Waals surface area contributed by atoms with Crippen molar-refractivity contribution >= 4 is 5.97 Å². The lowest BCUT2D eigenvalue weighted by atomic mass is 9.71. The summed E-state index contributed by atoms with van der Waals surface area (Å²) < 4.78 is 23.4. The van der Waals surface area contributed by atoms with Gasteiger partial charge in [0.1, 0.15) is 23.0 Å². The zero-order valence-corrected chi connectivity index (χ0v) is 20.4. The van der Waals surface area contributed by atoms with Crippen LogP contribution in [0.5, 0.6) is 23.0 Å². The van der Waals surface area contributed by atoms with E-state index in [0.717, 1.165) is 11.1 Å². The van der Waals surface area contributed by atoms with Crippen LogP contribution in [0.2, 0.25) is 0 Å². The Hall–Kier alpha value is -3.75. The molecular formula is C28H29NO7. The summed E-state index contributed by atoms with van der Waals surface area (Å²) in [6.45, 7) is -0.318. The second-order valence-electron chi connectivity index (χ2n) is 9.06. The summed E-state index contributed by atoms with van der Waals surface area (Å²) in [5.74, 6) is 0.670. The van der Waals surface area contributed by atoms with Crippen LogP contribution in [0.1, 0.15) is 29.0 Å². The monoisotopic (exact) mass is 491 g/mol. The molecule has 0 spiro atoms. The van der Waals surface area contributed by atoms with Gasteiger partial charge in [-0.25, -0.2) is 0 Å². The second-order valence-corrected chi connectivity index (χ2v) is 9.06. The van der Waals surface area contributed by atoms with Crippen LogP contribution in [0.3, 0.4) is 0 Å². The standard InChI is InChI=1S/C28H29NO7/c1-33-19-11-9-18(10-12-19)28-21(17-7-5-4-6-8-17)15-24(29-16-25(30)31)27(28,32)26-22(35-3)13-20(34-2)14-23(26)36-28/h4-14,21,24,29,32H,15-16H2,1-3H3,(H,30,31)/t21-,24+,27+,28-/m1/s1. The highest BCUT2D eigenvalue weighted by Gasteiger charge is 2.73. The molecular weight excluding hydrogens is 462 g/mol. The summed E-state index contributed by atoms with van der Waals surface area (Å²) in [6.07, 6.45) is 0.425. The molecule has 1 aliphatic heterocycles. The molecule has 3 N–H and O–H groups in total. The molecule has 0 saturated heterocycles. The number of hydrogen-bond acceptors (Lipinski definition) is 7. The van der Waals surface area contributed by atoms with Crippen molar-refractivity contribution in [2.75, 3.05) is 27.9 Å². The fourth-order valence-corrected chi connectivity index (χ4v) is 5.90. The van der Waals surface area contributed by atoms with E-state index in [1.54, 1.807) is 26.4 Å². The third-order valence-electron chi connectivity index (χ3n) is 7.40. The minimum absolute atomic E-state index is 0.318. The smallest absolute Gasteiger partial charge is 0.317 e.